The Morgan fingerprint density at radius 1 is 1.07 bits per heavy atom. The molecule has 3 aliphatic heterocycles. The summed E-state index contributed by atoms with van der Waals surface area (Å²) in [6.45, 7) is 6.39. The van der Waals surface area contributed by atoms with Crippen LogP contribution in [0.3, 0.4) is 0 Å². The number of para-hydroxylation sites is 2. The van der Waals surface area contributed by atoms with Gasteiger partial charge in [0, 0.05) is 25.6 Å². The van der Waals surface area contributed by atoms with E-state index in [0.29, 0.717) is 25.9 Å². The molecule has 1 spiro atoms. The Bertz CT molecular complexity index is 706. The van der Waals surface area contributed by atoms with Crippen LogP contribution < -0.4 is 10.6 Å². The molecule has 0 bridgehead atoms. The third kappa shape index (κ3) is 3.68. The van der Waals surface area contributed by atoms with E-state index in [2.05, 4.69) is 15.5 Å². The Labute approximate surface area is 161 Å². The molecular weight excluding hydrogens is 340 g/mol. The fraction of sp³-hybridized carbons (Fsp3) is 0.619. The lowest BCUT2D eigenvalue weighted by atomic mass is 9.84. The predicted octanol–water partition coefficient (Wildman–Crippen LogP) is 2.53. The Morgan fingerprint density at radius 3 is 2.44 bits per heavy atom. The molecule has 6 nitrogen and oxygen atoms in total. The second-order valence-electron chi connectivity index (χ2n) is 8.29. The molecule has 1 atom stereocenters. The minimum atomic E-state index is -0.596. The van der Waals surface area contributed by atoms with E-state index in [1.807, 2.05) is 36.1 Å². The molecule has 3 heterocycles. The molecule has 0 radical (unpaired) electrons. The van der Waals surface area contributed by atoms with Gasteiger partial charge in [-0.3, -0.25) is 9.59 Å². The topological polar surface area (TPSA) is 64.7 Å². The number of hydrogen-bond donors (Lipinski definition) is 2. The van der Waals surface area contributed by atoms with E-state index in [9.17, 15) is 9.59 Å². The summed E-state index contributed by atoms with van der Waals surface area (Å²) in [6, 6.07) is 7.80. The molecule has 2 fully saturated rings. The number of anilines is 2. The average molecular weight is 370 g/mol. The fourth-order valence-corrected chi connectivity index (χ4v) is 4.64. The summed E-state index contributed by atoms with van der Waals surface area (Å²) in [5, 5.41) is 6.49. The molecule has 0 aromatic heterocycles. The molecule has 0 aliphatic carbocycles. The molecule has 146 valence electrons. The number of benzene rings is 1. The first-order valence-corrected chi connectivity index (χ1v) is 10.3. The third-order valence-corrected chi connectivity index (χ3v) is 6.31. The molecule has 6 heteroatoms. The predicted molar refractivity (Wildman–Crippen MR) is 107 cm³/mol. The van der Waals surface area contributed by atoms with Crippen LogP contribution in [-0.4, -0.2) is 59.9 Å². The van der Waals surface area contributed by atoms with Crippen LogP contribution in [0.1, 0.15) is 39.0 Å². The van der Waals surface area contributed by atoms with Gasteiger partial charge in [-0.05, 0) is 50.9 Å². The second-order valence-corrected chi connectivity index (χ2v) is 8.29. The quantitative estimate of drug-likeness (QED) is 0.858. The van der Waals surface area contributed by atoms with Crippen LogP contribution >= 0.6 is 0 Å². The fourth-order valence-electron chi connectivity index (χ4n) is 4.64. The number of hydrogen-bond acceptors (Lipinski definition) is 4. The lowest BCUT2D eigenvalue weighted by Crippen LogP contribution is -2.59. The van der Waals surface area contributed by atoms with Gasteiger partial charge in [-0.15, -0.1) is 0 Å². The molecule has 2 amide bonds. The van der Waals surface area contributed by atoms with E-state index in [1.54, 1.807) is 0 Å². The van der Waals surface area contributed by atoms with Crippen molar-refractivity contribution >= 4 is 23.2 Å². The van der Waals surface area contributed by atoms with Crippen LogP contribution in [0.4, 0.5) is 11.4 Å². The van der Waals surface area contributed by atoms with Crippen molar-refractivity contribution in [2.24, 2.45) is 5.92 Å². The molecular formula is C21H30N4O2. The zero-order valence-electron chi connectivity index (χ0n) is 16.2. The zero-order chi connectivity index (χ0) is 18.9. The largest absolute Gasteiger partial charge is 0.369 e. The molecule has 27 heavy (non-hydrogen) atoms. The lowest BCUT2D eigenvalue weighted by molar-refractivity contribution is -0.138. The van der Waals surface area contributed by atoms with Crippen LogP contribution in [0.15, 0.2) is 24.3 Å². The van der Waals surface area contributed by atoms with Crippen molar-refractivity contribution in [3.05, 3.63) is 24.3 Å². The number of carbonyl (C=O) groups excluding carboxylic acids is 2. The number of fused-ring (bicyclic) bond motifs is 1. The van der Waals surface area contributed by atoms with Gasteiger partial charge in [-0.1, -0.05) is 25.5 Å². The summed E-state index contributed by atoms with van der Waals surface area (Å²) >= 11 is 0. The summed E-state index contributed by atoms with van der Waals surface area (Å²) in [5.41, 5.74) is 1.21. The highest BCUT2D eigenvalue weighted by molar-refractivity contribution is 6.06. The lowest BCUT2D eigenvalue weighted by Gasteiger charge is -2.45. The van der Waals surface area contributed by atoms with Crippen molar-refractivity contribution in [1.29, 1.82) is 0 Å². The Balaban J connectivity index is 1.35. The smallest absolute Gasteiger partial charge is 0.250 e. The van der Waals surface area contributed by atoms with E-state index in [1.165, 1.54) is 19.3 Å². The second kappa shape index (κ2) is 7.50. The van der Waals surface area contributed by atoms with Crippen molar-refractivity contribution < 1.29 is 9.59 Å². The maximum Gasteiger partial charge on any atom is 0.250 e. The maximum absolute atomic E-state index is 12.9. The number of rotatable bonds is 3. The number of nitrogens with zero attached hydrogens (tertiary/aromatic N) is 2. The normalized spacial score (nSPS) is 23.3. The van der Waals surface area contributed by atoms with Crippen molar-refractivity contribution in [3.8, 4) is 0 Å². The highest BCUT2D eigenvalue weighted by atomic mass is 16.2. The summed E-state index contributed by atoms with van der Waals surface area (Å²) in [4.78, 5) is 30.0. The average Bonchev–Trinajstić information content (AvgIpc) is 2.70. The Hall–Kier alpha value is -2.08. The number of likely N-dealkylation sites (tertiary alicyclic amines) is 2. The summed E-state index contributed by atoms with van der Waals surface area (Å²) in [6.07, 6.45) is 5.10. The van der Waals surface area contributed by atoms with Crippen LogP contribution in [0.5, 0.6) is 0 Å². The number of carbonyl (C=O) groups is 2. The van der Waals surface area contributed by atoms with E-state index in [-0.39, 0.29) is 17.7 Å². The van der Waals surface area contributed by atoms with Crippen molar-refractivity contribution in [2.45, 2.75) is 44.6 Å². The van der Waals surface area contributed by atoms with Crippen LogP contribution in [0.25, 0.3) is 0 Å². The summed E-state index contributed by atoms with van der Waals surface area (Å²) in [5.74, 6) is 0.271. The van der Waals surface area contributed by atoms with Gasteiger partial charge in [0.15, 0.2) is 0 Å². The van der Waals surface area contributed by atoms with Gasteiger partial charge in [-0.2, -0.15) is 0 Å². The zero-order valence-corrected chi connectivity index (χ0v) is 16.2. The summed E-state index contributed by atoms with van der Waals surface area (Å²) < 4.78 is 0. The van der Waals surface area contributed by atoms with Crippen molar-refractivity contribution in [2.75, 3.05) is 43.4 Å². The summed E-state index contributed by atoms with van der Waals surface area (Å²) in [7, 11) is 0. The molecule has 1 aromatic rings. The Kier molecular flexibility index (Phi) is 5.08. The van der Waals surface area contributed by atoms with E-state index in [0.717, 1.165) is 31.0 Å². The minimum absolute atomic E-state index is 0.0195. The number of amides is 2. The van der Waals surface area contributed by atoms with E-state index >= 15 is 0 Å². The van der Waals surface area contributed by atoms with Crippen LogP contribution in [-0.2, 0) is 9.59 Å². The van der Waals surface area contributed by atoms with Gasteiger partial charge in [0.2, 0.25) is 11.8 Å². The first-order valence-electron chi connectivity index (χ1n) is 10.3. The van der Waals surface area contributed by atoms with Gasteiger partial charge in [0.1, 0.15) is 5.54 Å². The monoisotopic (exact) mass is 370 g/mol. The van der Waals surface area contributed by atoms with Gasteiger partial charge >= 0.3 is 0 Å². The molecule has 4 rings (SSSR count). The van der Waals surface area contributed by atoms with E-state index < -0.39 is 5.54 Å². The molecule has 1 aromatic carbocycles. The SMILES string of the molecule is C[C@@H](CN1CCCCC1)C(=O)N1CCC2(CC1)Nc1ccccc1NC2=O. The van der Waals surface area contributed by atoms with Crippen LogP contribution in [0, 0.1) is 5.92 Å². The highest BCUT2D eigenvalue weighted by Gasteiger charge is 2.45. The van der Waals surface area contributed by atoms with Crippen LogP contribution in [0.2, 0.25) is 0 Å². The first-order chi connectivity index (χ1) is 13.1. The number of nitrogens with one attached hydrogen (secondary N) is 2. The Morgan fingerprint density at radius 2 is 1.74 bits per heavy atom. The van der Waals surface area contributed by atoms with Crippen molar-refractivity contribution in [1.82, 2.24) is 9.80 Å². The maximum atomic E-state index is 12.9. The minimum Gasteiger partial charge on any atom is -0.369 e. The standard InChI is InChI=1S/C21H30N4O2/c1-16(15-24-11-5-2-6-12-24)19(26)25-13-9-21(10-14-25)20(27)22-17-7-3-4-8-18(17)23-21/h3-4,7-8,16,23H,2,5-6,9-15H2,1H3,(H,22,27)/t16-/m0/s1. The first kappa shape index (κ1) is 18.3. The van der Waals surface area contributed by atoms with Gasteiger partial charge in [-0.25, -0.2) is 0 Å². The van der Waals surface area contributed by atoms with Gasteiger partial charge in [0.25, 0.3) is 0 Å². The van der Waals surface area contributed by atoms with Crippen molar-refractivity contribution in [3.63, 3.8) is 0 Å². The van der Waals surface area contributed by atoms with E-state index in [4.69, 9.17) is 0 Å². The highest BCUT2D eigenvalue weighted by Crippen LogP contribution is 2.36. The third-order valence-electron chi connectivity index (χ3n) is 6.31. The molecule has 0 unspecified atom stereocenters. The van der Waals surface area contributed by atoms with Gasteiger partial charge < -0.3 is 20.4 Å². The van der Waals surface area contributed by atoms with Gasteiger partial charge in [0.05, 0.1) is 11.4 Å². The molecule has 2 N–H and O–H groups in total. The number of piperidine rings is 2. The molecule has 2 saturated heterocycles. The molecule has 0 saturated carbocycles. The molecule has 3 aliphatic rings.